The zero-order valence-electron chi connectivity index (χ0n) is 17.6. The lowest BCUT2D eigenvalue weighted by Crippen LogP contribution is -2.19. The first-order valence-electron chi connectivity index (χ1n) is 9.63. The van der Waals surface area contributed by atoms with Gasteiger partial charge in [-0.05, 0) is 43.8 Å². The third-order valence-corrected chi connectivity index (χ3v) is 7.10. The predicted octanol–water partition coefficient (Wildman–Crippen LogP) is 3.41. The maximum Gasteiger partial charge on any atom is 0.420 e. The molecule has 1 N–H and O–H groups in total. The number of aromatic nitrogens is 2. The molecular formula is C21H21FN4O4S2. The summed E-state index contributed by atoms with van der Waals surface area (Å²) in [5, 5.41) is 1.76. The average Bonchev–Trinajstić information content (AvgIpc) is 3.31. The first-order valence-corrected chi connectivity index (χ1v) is 12.0. The first kappa shape index (κ1) is 22.2. The largest absolute Gasteiger partial charge is 0.420 e. The van der Waals surface area contributed by atoms with Gasteiger partial charge in [-0.2, -0.15) is 0 Å². The highest BCUT2D eigenvalue weighted by molar-refractivity contribution is 7.93. The van der Waals surface area contributed by atoms with Crippen molar-refractivity contribution >= 4 is 37.6 Å². The van der Waals surface area contributed by atoms with E-state index in [1.54, 1.807) is 5.38 Å². The Morgan fingerprint density at radius 1 is 1.28 bits per heavy atom. The standard InChI is InChI=1S/C21H21FN4O4S2/c1-13-5-4-6-14(16(13)12-25(2)3)11-26-19-17(22)9-15(10-18(19)30-21(26)27)32(28,29)24-20-23-7-8-31-20/h4-10H,11-12H2,1-3H3,(H,23,24). The number of thiazole rings is 1. The quantitative estimate of drug-likeness (QED) is 0.439. The fourth-order valence-electron chi connectivity index (χ4n) is 3.50. The van der Waals surface area contributed by atoms with Crippen LogP contribution >= 0.6 is 11.3 Å². The van der Waals surface area contributed by atoms with Crippen LogP contribution in [0.15, 0.2) is 56.0 Å². The van der Waals surface area contributed by atoms with Gasteiger partial charge in [0.25, 0.3) is 10.0 Å². The molecule has 168 valence electrons. The van der Waals surface area contributed by atoms with Gasteiger partial charge >= 0.3 is 5.76 Å². The minimum atomic E-state index is -4.10. The highest BCUT2D eigenvalue weighted by Gasteiger charge is 2.23. The van der Waals surface area contributed by atoms with Crippen molar-refractivity contribution in [2.45, 2.75) is 24.9 Å². The van der Waals surface area contributed by atoms with Crippen LogP contribution in [0.2, 0.25) is 0 Å². The smallest absolute Gasteiger partial charge is 0.408 e. The summed E-state index contributed by atoms with van der Waals surface area (Å²) in [6, 6.07) is 7.75. The van der Waals surface area contributed by atoms with Crippen LogP contribution in [0.1, 0.15) is 16.7 Å². The van der Waals surface area contributed by atoms with Gasteiger partial charge in [-0.15, -0.1) is 11.3 Å². The number of halogens is 1. The van der Waals surface area contributed by atoms with Gasteiger partial charge in [0.2, 0.25) is 0 Å². The average molecular weight is 477 g/mol. The number of fused-ring (bicyclic) bond motifs is 1. The second-order valence-electron chi connectivity index (χ2n) is 7.60. The SMILES string of the molecule is Cc1cccc(Cn2c(=O)oc3cc(S(=O)(=O)Nc4nccs4)cc(F)c32)c1CN(C)C. The molecule has 2 aromatic heterocycles. The van der Waals surface area contributed by atoms with E-state index in [9.17, 15) is 13.2 Å². The summed E-state index contributed by atoms with van der Waals surface area (Å²) in [6.07, 6.45) is 1.45. The van der Waals surface area contributed by atoms with E-state index in [0.29, 0.717) is 6.54 Å². The minimum absolute atomic E-state index is 0.0829. The highest BCUT2D eigenvalue weighted by atomic mass is 32.2. The topological polar surface area (TPSA) is 97.4 Å². The second-order valence-corrected chi connectivity index (χ2v) is 10.2. The maximum absolute atomic E-state index is 15.1. The Morgan fingerprint density at radius 2 is 2.06 bits per heavy atom. The monoisotopic (exact) mass is 476 g/mol. The van der Waals surface area contributed by atoms with Gasteiger partial charge in [0, 0.05) is 24.2 Å². The van der Waals surface area contributed by atoms with Gasteiger partial charge in [0.1, 0.15) is 5.52 Å². The number of aryl methyl sites for hydroxylation is 1. The summed E-state index contributed by atoms with van der Waals surface area (Å²) in [5.41, 5.74) is 2.71. The molecule has 0 unspecified atom stereocenters. The fraction of sp³-hybridized carbons (Fsp3) is 0.238. The number of nitrogens with one attached hydrogen (secondary N) is 1. The van der Waals surface area contributed by atoms with E-state index in [2.05, 4.69) is 9.71 Å². The Hall–Kier alpha value is -3.02. The highest BCUT2D eigenvalue weighted by Crippen LogP contribution is 2.26. The lowest BCUT2D eigenvalue weighted by atomic mass is 10.0. The van der Waals surface area contributed by atoms with Crippen molar-refractivity contribution in [1.82, 2.24) is 14.5 Å². The maximum atomic E-state index is 15.1. The molecule has 11 heteroatoms. The molecule has 0 saturated carbocycles. The summed E-state index contributed by atoms with van der Waals surface area (Å²) >= 11 is 1.09. The molecule has 0 spiro atoms. The van der Waals surface area contributed by atoms with E-state index in [0.717, 1.165) is 40.2 Å². The number of rotatable bonds is 7. The molecule has 0 aliphatic carbocycles. The third-order valence-electron chi connectivity index (χ3n) is 4.96. The van der Waals surface area contributed by atoms with Crippen molar-refractivity contribution in [3.8, 4) is 0 Å². The van der Waals surface area contributed by atoms with Crippen LogP contribution in [0.25, 0.3) is 11.1 Å². The third kappa shape index (κ3) is 4.31. The number of nitrogens with zero attached hydrogens (tertiary/aromatic N) is 3. The second kappa shape index (κ2) is 8.49. The first-order chi connectivity index (χ1) is 15.2. The molecule has 2 aromatic carbocycles. The van der Waals surface area contributed by atoms with Gasteiger partial charge in [-0.1, -0.05) is 18.2 Å². The van der Waals surface area contributed by atoms with Gasteiger partial charge in [0.05, 0.1) is 11.4 Å². The molecule has 4 aromatic rings. The number of hydrogen-bond donors (Lipinski definition) is 1. The molecule has 0 aliphatic rings. The molecule has 0 aliphatic heterocycles. The van der Waals surface area contributed by atoms with Crippen LogP contribution in [-0.4, -0.2) is 37.0 Å². The predicted molar refractivity (Wildman–Crippen MR) is 121 cm³/mol. The molecule has 2 heterocycles. The molecule has 0 fully saturated rings. The van der Waals surface area contributed by atoms with Crippen LogP contribution in [0.5, 0.6) is 0 Å². The van der Waals surface area contributed by atoms with Crippen molar-refractivity contribution in [2.24, 2.45) is 0 Å². The van der Waals surface area contributed by atoms with E-state index >= 15 is 4.39 Å². The van der Waals surface area contributed by atoms with E-state index in [1.807, 2.05) is 44.1 Å². The van der Waals surface area contributed by atoms with Gasteiger partial charge in [-0.25, -0.2) is 22.6 Å². The Labute approximate surface area is 188 Å². The Morgan fingerprint density at radius 3 is 2.75 bits per heavy atom. The van der Waals surface area contributed by atoms with Crippen molar-refractivity contribution in [3.05, 3.63) is 75.0 Å². The zero-order valence-corrected chi connectivity index (χ0v) is 19.3. The van der Waals surface area contributed by atoms with Gasteiger partial charge < -0.3 is 9.32 Å². The minimum Gasteiger partial charge on any atom is -0.408 e. The Kier molecular flexibility index (Phi) is 5.89. The van der Waals surface area contributed by atoms with Gasteiger partial charge in [0.15, 0.2) is 16.5 Å². The van der Waals surface area contributed by atoms with Crippen molar-refractivity contribution in [2.75, 3.05) is 18.8 Å². The zero-order chi connectivity index (χ0) is 23.0. The molecule has 32 heavy (non-hydrogen) atoms. The van der Waals surface area contributed by atoms with Gasteiger partial charge in [-0.3, -0.25) is 9.29 Å². The number of hydrogen-bond acceptors (Lipinski definition) is 7. The van der Waals surface area contributed by atoms with Crippen LogP contribution in [0.3, 0.4) is 0 Å². The van der Waals surface area contributed by atoms with E-state index in [-0.39, 0.29) is 27.7 Å². The van der Waals surface area contributed by atoms with E-state index < -0.39 is 21.6 Å². The number of benzene rings is 2. The molecule has 0 radical (unpaired) electrons. The summed E-state index contributed by atoms with van der Waals surface area (Å²) in [4.78, 5) is 18.1. The van der Waals surface area contributed by atoms with Crippen LogP contribution in [0, 0.1) is 12.7 Å². The summed E-state index contributed by atoms with van der Waals surface area (Å²) in [7, 11) is -0.221. The Balaban J connectivity index is 1.77. The molecule has 0 saturated heterocycles. The summed E-state index contributed by atoms with van der Waals surface area (Å²) in [5.74, 6) is -1.63. The van der Waals surface area contributed by atoms with Crippen LogP contribution < -0.4 is 10.5 Å². The number of anilines is 1. The summed E-state index contributed by atoms with van der Waals surface area (Å²) < 4.78 is 49.0. The van der Waals surface area contributed by atoms with Crippen molar-refractivity contribution < 1.29 is 17.2 Å². The van der Waals surface area contributed by atoms with E-state index in [1.165, 1.54) is 10.8 Å². The molecule has 0 bridgehead atoms. The van der Waals surface area contributed by atoms with E-state index in [4.69, 9.17) is 4.42 Å². The van der Waals surface area contributed by atoms with Crippen molar-refractivity contribution in [1.29, 1.82) is 0 Å². The molecular weight excluding hydrogens is 455 g/mol. The normalized spacial score (nSPS) is 12.0. The lowest BCUT2D eigenvalue weighted by molar-refractivity contribution is 0.399. The summed E-state index contributed by atoms with van der Waals surface area (Å²) in [6.45, 7) is 2.72. The molecule has 8 nitrogen and oxygen atoms in total. The number of sulfonamides is 1. The van der Waals surface area contributed by atoms with Crippen LogP contribution in [-0.2, 0) is 23.1 Å². The Bertz CT molecular complexity index is 1440. The molecule has 0 atom stereocenters. The molecule has 4 rings (SSSR count). The lowest BCUT2D eigenvalue weighted by Gasteiger charge is -2.17. The van der Waals surface area contributed by atoms with Crippen molar-refractivity contribution in [3.63, 3.8) is 0 Å². The number of oxazole rings is 1. The van der Waals surface area contributed by atoms with Crippen LogP contribution in [0.4, 0.5) is 9.52 Å². The molecule has 0 amide bonds. The fourth-order valence-corrected chi connectivity index (χ4v) is 5.32.